The van der Waals surface area contributed by atoms with E-state index in [1.54, 1.807) is 12.3 Å². The minimum atomic E-state index is -0.244. The van der Waals surface area contributed by atoms with Gasteiger partial charge >= 0.3 is 0 Å². The Kier molecular flexibility index (Phi) is 7.84. The minimum Gasteiger partial charge on any atom is -0.490 e. The van der Waals surface area contributed by atoms with Gasteiger partial charge in [0.1, 0.15) is 6.61 Å². The Labute approximate surface area is 190 Å². The highest BCUT2D eigenvalue weighted by Gasteiger charge is 2.12. The number of rotatable bonds is 8. The number of carbonyl (C=O) groups is 1. The monoisotopic (exact) mass is 514 g/mol. The molecular weight excluding hydrogens is 491 g/mol. The summed E-state index contributed by atoms with van der Waals surface area (Å²) in [5, 5.41) is 4.10. The number of halogens is 1. The summed E-state index contributed by atoms with van der Waals surface area (Å²) in [5.41, 5.74) is 5.97. The number of aryl methyl sites for hydroxylation is 1. The van der Waals surface area contributed by atoms with Gasteiger partial charge in [-0.05, 0) is 71.3 Å². The summed E-state index contributed by atoms with van der Waals surface area (Å²) in [6.45, 7) is 4.79. The zero-order chi connectivity index (χ0) is 21.3. The van der Waals surface area contributed by atoms with Crippen molar-refractivity contribution >= 4 is 34.7 Å². The van der Waals surface area contributed by atoms with Crippen molar-refractivity contribution in [1.82, 2.24) is 5.43 Å². The highest BCUT2D eigenvalue weighted by molar-refractivity contribution is 14.1. The van der Waals surface area contributed by atoms with E-state index < -0.39 is 0 Å². The second-order valence-electron chi connectivity index (χ2n) is 6.55. The Bertz CT molecular complexity index is 1040. The molecule has 0 saturated carbocycles. The summed E-state index contributed by atoms with van der Waals surface area (Å²) >= 11 is 2.22. The van der Waals surface area contributed by atoms with Gasteiger partial charge in [-0.15, -0.1) is 0 Å². The molecule has 0 aliphatic rings. The summed E-state index contributed by atoms with van der Waals surface area (Å²) in [6.07, 6.45) is 1.60. The maximum absolute atomic E-state index is 12.3. The number of nitrogens with zero attached hydrogens (tertiary/aromatic N) is 1. The average molecular weight is 514 g/mol. The van der Waals surface area contributed by atoms with E-state index in [0.29, 0.717) is 30.3 Å². The fraction of sp³-hybridized carbons (Fsp3) is 0.167. The van der Waals surface area contributed by atoms with Crippen LogP contribution in [0.1, 0.15) is 34.0 Å². The molecule has 0 fully saturated rings. The van der Waals surface area contributed by atoms with E-state index >= 15 is 0 Å². The smallest absolute Gasteiger partial charge is 0.271 e. The first-order valence-electron chi connectivity index (χ1n) is 9.60. The predicted octanol–water partition coefficient (Wildman–Crippen LogP) is 5.34. The molecule has 30 heavy (non-hydrogen) atoms. The Hall–Kier alpha value is -2.87. The Morgan fingerprint density at radius 3 is 2.53 bits per heavy atom. The Morgan fingerprint density at radius 1 is 1.07 bits per heavy atom. The van der Waals surface area contributed by atoms with Gasteiger partial charge in [-0.3, -0.25) is 4.79 Å². The maximum Gasteiger partial charge on any atom is 0.271 e. The molecular formula is C24H23IN2O3. The normalized spacial score (nSPS) is 10.8. The number of carbonyl (C=O) groups excluding carboxylic acids is 1. The molecule has 3 aromatic carbocycles. The van der Waals surface area contributed by atoms with Crippen LogP contribution in [0.15, 0.2) is 71.8 Å². The highest BCUT2D eigenvalue weighted by Crippen LogP contribution is 2.34. The molecule has 6 heteroatoms. The van der Waals surface area contributed by atoms with Gasteiger partial charge in [0.05, 0.1) is 16.4 Å². The standard InChI is InChI=1S/C24H23IN2O3/c1-3-29-22-14-19(15-26-27-24(28)20-12-8-7-9-17(20)2)13-21(25)23(22)30-16-18-10-5-4-6-11-18/h4-15H,3,16H2,1-2H3,(H,27,28)/b26-15-. The number of benzene rings is 3. The number of hydrogen-bond donors (Lipinski definition) is 1. The number of nitrogens with one attached hydrogen (secondary N) is 1. The van der Waals surface area contributed by atoms with Crippen molar-refractivity contribution in [2.75, 3.05) is 6.61 Å². The molecule has 0 radical (unpaired) electrons. The SMILES string of the molecule is CCOc1cc(/C=N\NC(=O)c2ccccc2C)cc(I)c1OCc1ccccc1. The van der Waals surface area contributed by atoms with Gasteiger partial charge in [0, 0.05) is 5.56 Å². The predicted molar refractivity (Wildman–Crippen MR) is 127 cm³/mol. The first-order valence-corrected chi connectivity index (χ1v) is 10.7. The maximum atomic E-state index is 12.3. The van der Waals surface area contributed by atoms with Gasteiger partial charge in [0.15, 0.2) is 11.5 Å². The molecule has 0 heterocycles. The van der Waals surface area contributed by atoms with Crippen LogP contribution in [0.3, 0.4) is 0 Å². The lowest BCUT2D eigenvalue weighted by atomic mass is 10.1. The number of hydrazone groups is 1. The van der Waals surface area contributed by atoms with Crippen LogP contribution in [0.2, 0.25) is 0 Å². The van der Waals surface area contributed by atoms with Gasteiger partial charge in [0.25, 0.3) is 5.91 Å². The number of hydrogen-bond acceptors (Lipinski definition) is 4. The average Bonchev–Trinajstić information content (AvgIpc) is 2.74. The van der Waals surface area contributed by atoms with Crippen molar-refractivity contribution < 1.29 is 14.3 Å². The summed E-state index contributed by atoms with van der Waals surface area (Å²) in [4.78, 5) is 12.3. The Balaban J connectivity index is 1.73. The molecule has 5 nitrogen and oxygen atoms in total. The van der Waals surface area contributed by atoms with Crippen molar-refractivity contribution in [3.05, 3.63) is 92.6 Å². The molecule has 0 aromatic heterocycles. The second kappa shape index (κ2) is 10.8. The van der Waals surface area contributed by atoms with Gasteiger partial charge in [-0.1, -0.05) is 48.5 Å². The van der Waals surface area contributed by atoms with E-state index in [9.17, 15) is 4.79 Å². The van der Waals surface area contributed by atoms with E-state index in [4.69, 9.17) is 9.47 Å². The molecule has 0 atom stereocenters. The fourth-order valence-corrected chi connectivity index (χ4v) is 3.63. The molecule has 0 bridgehead atoms. The first kappa shape index (κ1) is 21.8. The lowest BCUT2D eigenvalue weighted by molar-refractivity contribution is 0.0954. The van der Waals surface area contributed by atoms with Crippen LogP contribution in [0.25, 0.3) is 0 Å². The van der Waals surface area contributed by atoms with Crippen molar-refractivity contribution in [2.24, 2.45) is 5.10 Å². The summed E-state index contributed by atoms with van der Waals surface area (Å²) in [6, 6.07) is 21.2. The third-order valence-corrected chi connectivity index (χ3v) is 5.13. The molecule has 0 aliphatic heterocycles. The molecule has 3 rings (SSSR count). The van der Waals surface area contributed by atoms with Crippen LogP contribution in [-0.4, -0.2) is 18.7 Å². The third kappa shape index (κ3) is 5.82. The van der Waals surface area contributed by atoms with Crippen molar-refractivity contribution in [1.29, 1.82) is 0 Å². The van der Waals surface area contributed by atoms with E-state index in [-0.39, 0.29) is 5.91 Å². The van der Waals surface area contributed by atoms with Gasteiger partial charge < -0.3 is 9.47 Å². The van der Waals surface area contributed by atoms with Crippen LogP contribution in [0, 0.1) is 10.5 Å². The highest BCUT2D eigenvalue weighted by atomic mass is 127. The Morgan fingerprint density at radius 2 is 1.80 bits per heavy atom. The molecule has 1 amide bonds. The third-order valence-electron chi connectivity index (χ3n) is 4.33. The van der Waals surface area contributed by atoms with Gasteiger partial charge in [-0.2, -0.15) is 5.10 Å². The zero-order valence-corrected chi connectivity index (χ0v) is 19.0. The number of amides is 1. The van der Waals surface area contributed by atoms with Gasteiger partial charge in [-0.25, -0.2) is 5.43 Å². The van der Waals surface area contributed by atoms with Gasteiger partial charge in [0.2, 0.25) is 0 Å². The largest absolute Gasteiger partial charge is 0.490 e. The quantitative estimate of drug-likeness (QED) is 0.251. The van der Waals surface area contributed by atoms with Crippen molar-refractivity contribution in [3.8, 4) is 11.5 Å². The second-order valence-corrected chi connectivity index (χ2v) is 7.71. The van der Waals surface area contributed by atoms with E-state index in [1.165, 1.54) is 0 Å². The molecule has 0 saturated heterocycles. The fourth-order valence-electron chi connectivity index (χ4n) is 2.85. The lowest BCUT2D eigenvalue weighted by Gasteiger charge is -2.14. The molecule has 1 N–H and O–H groups in total. The number of ether oxygens (including phenoxy) is 2. The minimum absolute atomic E-state index is 0.244. The van der Waals surface area contributed by atoms with Crippen molar-refractivity contribution in [3.63, 3.8) is 0 Å². The van der Waals surface area contributed by atoms with Crippen LogP contribution in [-0.2, 0) is 6.61 Å². The summed E-state index contributed by atoms with van der Waals surface area (Å²) in [5.74, 6) is 1.10. The molecule has 0 aliphatic carbocycles. The molecule has 154 valence electrons. The van der Waals surface area contributed by atoms with Crippen molar-refractivity contribution in [2.45, 2.75) is 20.5 Å². The lowest BCUT2D eigenvalue weighted by Crippen LogP contribution is -2.18. The summed E-state index contributed by atoms with van der Waals surface area (Å²) < 4.78 is 12.7. The molecule has 3 aromatic rings. The van der Waals surface area contributed by atoms with Crippen LogP contribution >= 0.6 is 22.6 Å². The van der Waals surface area contributed by atoms with Crippen LogP contribution in [0.5, 0.6) is 11.5 Å². The topological polar surface area (TPSA) is 59.9 Å². The molecule has 0 spiro atoms. The molecule has 0 unspecified atom stereocenters. The van der Waals surface area contributed by atoms with E-state index in [2.05, 4.69) is 33.1 Å². The van der Waals surface area contributed by atoms with E-state index in [1.807, 2.05) is 74.5 Å². The van der Waals surface area contributed by atoms with E-state index in [0.717, 1.165) is 20.3 Å². The zero-order valence-electron chi connectivity index (χ0n) is 16.9. The van der Waals surface area contributed by atoms with Crippen LogP contribution < -0.4 is 14.9 Å². The summed E-state index contributed by atoms with van der Waals surface area (Å²) in [7, 11) is 0. The van der Waals surface area contributed by atoms with Crippen LogP contribution in [0.4, 0.5) is 0 Å². The first-order chi connectivity index (χ1) is 14.6.